The third-order valence-corrected chi connectivity index (χ3v) is 2.28. The number of rotatable bonds is 4. The lowest BCUT2D eigenvalue weighted by Gasteiger charge is -2.35. The molecule has 0 aromatic heterocycles. The van der Waals surface area contributed by atoms with Crippen molar-refractivity contribution in [2.75, 3.05) is 13.7 Å². The van der Waals surface area contributed by atoms with Crippen molar-refractivity contribution in [2.45, 2.75) is 12.6 Å². The van der Waals surface area contributed by atoms with Crippen LogP contribution < -0.4 is 5.32 Å². The lowest BCUT2D eigenvalue weighted by atomic mass is 9.91. The summed E-state index contributed by atoms with van der Waals surface area (Å²) in [4.78, 5) is 11.0. The standard InChI is InChI=1S/C10H15NO3/c1-3-11-10(14-2)7-5-4-6-8(10)9(12)13/h4-8,11H,3H2,1-2H3,(H,12,13). The van der Waals surface area contributed by atoms with Crippen LogP contribution in [0.1, 0.15) is 6.92 Å². The average molecular weight is 197 g/mol. The number of hydrogen-bond donors (Lipinski definition) is 2. The summed E-state index contributed by atoms with van der Waals surface area (Å²) < 4.78 is 5.26. The molecule has 2 unspecified atom stereocenters. The van der Waals surface area contributed by atoms with Crippen LogP contribution >= 0.6 is 0 Å². The fourth-order valence-corrected chi connectivity index (χ4v) is 1.60. The first-order valence-electron chi connectivity index (χ1n) is 4.55. The molecule has 1 rings (SSSR count). The molecule has 0 heterocycles. The van der Waals surface area contributed by atoms with Crippen LogP contribution in [0.3, 0.4) is 0 Å². The molecule has 0 amide bonds. The summed E-state index contributed by atoms with van der Waals surface area (Å²) in [5.41, 5.74) is -0.907. The highest BCUT2D eigenvalue weighted by Crippen LogP contribution is 2.25. The first-order chi connectivity index (χ1) is 6.66. The second-order valence-electron chi connectivity index (χ2n) is 3.09. The van der Waals surface area contributed by atoms with Gasteiger partial charge in [0.15, 0.2) is 5.72 Å². The van der Waals surface area contributed by atoms with Crippen molar-refractivity contribution in [2.24, 2.45) is 5.92 Å². The highest BCUT2D eigenvalue weighted by atomic mass is 16.5. The first-order valence-corrected chi connectivity index (χ1v) is 4.55. The van der Waals surface area contributed by atoms with Gasteiger partial charge in [-0.05, 0) is 12.6 Å². The van der Waals surface area contributed by atoms with Crippen LogP contribution in [0.2, 0.25) is 0 Å². The summed E-state index contributed by atoms with van der Waals surface area (Å²) in [6.07, 6.45) is 6.85. The number of carboxylic acids is 1. The predicted octanol–water partition coefficient (Wildman–Crippen LogP) is 0.765. The number of allylic oxidation sites excluding steroid dienone is 2. The Balaban J connectivity index is 2.95. The van der Waals surface area contributed by atoms with E-state index in [1.807, 2.05) is 6.92 Å². The predicted molar refractivity (Wildman–Crippen MR) is 52.8 cm³/mol. The normalized spacial score (nSPS) is 30.6. The van der Waals surface area contributed by atoms with Crippen molar-refractivity contribution in [3.05, 3.63) is 24.3 Å². The highest BCUT2D eigenvalue weighted by molar-refractivity contribution is 5.75. The Labute approximate surface area is 83.3 Å². The molecule has 0 saturated carbocycles. The van der Waals surface area contributed by atoms with Crippen molar-refractivity contribution >= 4 is 5.97 Å². The molecule has 4 heteroatoms. The molecule has 0 fully saturated rings. The minimum atomic E-state index is -0.907. The van der Waals surface area contributed by atoms with E-state index >= 15 is 0 Å². The zero-order chi connectivity index (χ0) is 10.6. The van der Waals surface area contributed by atoms with E-state index in [1.54, 1.807) is 24.3 Å². The molecule has 2 N–H and O–H groups in total. The van der Waals surface area contributed by atoms with Crippen molar-refractivity contribution in [3.63, 3.8) is 0 Å². The molecular weight excluding hydrogens is 182 g/mol. The third-order valence-electron chi connectivity index (χ3n) is 2.28. The molecule has 0 bridgehead atoms. The van der Waals surface area contributed by atoms with Gasteiger partial charge in [0.05, 0.1) is 0 Å². The number of methoxy groups -OCH3 is 1. The van der Waals surface area contributed by atoms with Crippen LogP contribution in [0.4, 0.5) is 0 Å². The molecule has 2 atom stereocenters. The summed E-state index contributed by atoms with van der Waals surface area (Å²) >= 11 is 0. The fraction of sp³-hybridized carbons (Fsp3) is 0.500. The molecule has 0 aromatic rings. The van der Waals surface area contributed by atoms with Crippen molar-refractivity contribution < 1.29 is 14.6 Å². The Bertz CT molecular complexity index is 273. The van der Waals surface area contributed by atoms with Gasteiger partial charge in [0.25, 0.3) is 0 Å². The van der Waals surface area contributed by atoms with Crippen LogP contribution in [0.25, 0.3) is 0 Å². The second-order valence-corrected chi connectivity index (χ2v) is 3.09. The van der Waals surface area contributed by atoms with Crippen LogP contribution in [0, 0.1) is 5.92 Å². The van der Waals surface area contributed by atoms with Crippen LogP contribution in [0.15, 0.2) is 24.3 Å². The molecule has 0 saturated heterocycles. The number of ether oxygens (including phenoxy) is 1. The molecule has 1 aliphatic rings. The van der Waals surface area contributed by atoms with Gasteiger partial charge in [-0.1, -0.05) is 25.2 Å². The van der Waals surface area contributed by atoms with E-state index in [0.717, 1.165) is 0 Å². The van der Waals surface area contributed by atoms with Crippen LogP contribution in [0.5, 0.6) is 0 Å². The zero-order valence-corrected chi connectivity index (χ0v) is 8.36. The smallest absolute Gasteiger partial charge is 0.315 e. The number of carboxylic acid groups (broad SMARTS) is 1. The molecule has 0 aromatic carbocycles. The van der Waals surface area contributed by atoms with E-state index in [4.69, 9.17) is 9.84 Å². The Kier molecular flexibility index (Phi) is 3.43. The van der Waals surface area contributed by atoms with Gasteiger partial charge in [0.2, 0.25) is 0 Å². The van der Waals surface area contributed by atoms with E-state index < -0.39 is 17.6 Å². The summed E-state index contributed by atoms with van der Waals surface area (Å²) in [5, 5.41) is 12.1. The number of aliphatic carboxylic acids is 1. The SMILES string of the molecule is CCNC1(OC)C=CC=CC1C(=O)O. The van der Waals surface area contributed by atoms with Crippen molar-refractivity contribution in [1.82, 2.24) is 5.32 Å². The Morgan fingerprint density at radius 1 is 1.64 bits per heavy atom. The molecule has 0 radical (unpaired) electrons. The van der Waals surface area contributed by atoms with Crippen LogP contribution in [-0.4, -0.2) is 30.5 Å². The Hall–Kier alpha value is -1.13. The molecular formula is C10H15NO3. The van der Waals surface area contributed by atoms with Gasteiger partial charge in [0, 0.05) is 7.11 Å². The summed E-state index contributed by atoms with van der Waals surface area (Å²) in [6.45, 7) is 2.56. The molecule has 4 nitrogen and oxygen atoms in total. The average Bonchev–Trinajstić information content (AvgIpc) is 2.18. The third kappa shape index (κ3) is 1.86. The van der Waals surface area contributed by atoms with Gasteiger partial charge in [-0.15, -0.1) is 0 Å². The molecule has 0 aliphatic heterocycles. The minimum absolute atomic E-state index is 0.649. The number of likely N-dealkylation sites (N-methyl/N-ethyl adjacent to an activating group) is 1. The Morgan fingerprint density at radius 2 is 2.36 bits per heavy atom. The summed E-state index contributed by atoms with van der Waals surface area (Å²) in [7, 11) is 1.50. The second kappa shape index (κ2) is 4.39. The minimum Gasteiger partial charge on any atom is -0.481 e. The lowest BCUT2D eigenvalue weighted by Crippen LogP contribution is -2.54. The maximum Gasteiger partial charge on any atom is 0.315 e. The topological polar surface area (TPSA) is 58.6 Å². The van der Waals surface area contributed by atoms with E-state index in [2.05, 4.69) is 5.32 Å². The monoisotopic (exact) mass is 197 g/mol. The van der Waals surface area contributed by atoms with Crippen molar-refractivity contribution in [1.29, 1.82) is 0 Å². The highest BCUT2D eigenvalue weighted by Gasteiger charge is 2.40. The number of nitrogens with one attached hydrogen (secondary N) is 1. The molecule has 0 spiro atoms. The van der Waals surface area contributed by atoms with E-state index in [1.165, 1.54) is 7.11 Å². The maximum atomic E-state index is 11.0. The van der Waals surface area contributed by atoms with Gasteiger partial charge in [0.1, 0.15) is 5.92 Å². The molecule has 14 heavy (non-hydrogen) atoms. The summed E-state index contributed by atoms with van der Waals surface area (Å²) in [5.74, 6) is -1.58. The van der Waals surface area contributed by atoms with E-state index in [0.29, 0.717) is 6.54 Å². The Morgan fingerprint density at radius 3 is 2.86 bits per heavy atom. The molecule has 1 aliphatic carbocycles. The maximum absolute atomic E-state index is 11.0. The van der Waals surface area contributed by atoms with E-state index in [-0.39, 0.29) is 0 Å². The lowest BCUT2D eigenvalue weighted by molar-refractivity contribution is -0.149. The largest absolute Gasteiger partial charge is 0.481 e. The first kappa shape index (κ1) is 10.9. The quantitative estimate of drug-likeness (QED) is 0.653. The zero-order valence-electron chi connectivity index (χ0n) is 8.36. The van der Waals surface area contributed by atoms with Gasteiger partial charge in [-0.2, -0.15) is 0 Å². The van der Waals surface area contributed by atoms with Crippen molar-refractivity contribution in [3.8, 4) is 0 Å². The molecule has 78 valence electrons. The van der Waals surface area contributed by atoms with Gasteiger partial charge in [-0.3, -0.25) is 10.1 Å². The van der Waals surface area contributed by atoms with Gasteiger partial charge >= 0.3 is 5.97 Å². The van der Waals surface area contributed by atoms with Crippen LogP contribution in [-0.2, 0) is 9.53 Å². The van der Waals surface area contributed by atoms with Gasteiger partial charge in [-0.25, -0.2) is 0 Å². The number of hydrogen-bond acceptors (Lipinski definition) is 3. The summed E-state index contributed by atoms with van der Waals surface area (Å²) in [6, 6.07) is 0. The number of carbonyl (C=O) groups is 1. The fourth-order valence-electron chi connectivity index (χ4n) is 1.60. The van der Waals surface area contributed by atoms with E-state index in [9.17, 15) is 4.79 Å². The van der Waals surface area contributed by atoms with Gasteiger partial charge < -0.3 is 9.84 Å².